The first-order valence-electron chi connectivity index (χ1n) is 6.82. The molecule has 0 fully saturated rings. The van der Waals surface area contributed by atoms with Crippen LogP contribution in [0.4, 0.5) is 0 Å². The van der Waals surface area contributed by atoms with Crippen LogP contribution in [0.1, 0.15) is 33.4 Å². The number of nitrogens with zero attached hydrogens (tertiary/aromatic N) is 4. The number of furan rings is 1. The zero-order chi connectivity index (χ0) is 15.0. The Kier molecular flexibility index (Phi) is 3.50. The summed E-state index contributed by atoms with van der Waals surface area (Å²) in [6.07, 6.45) is 1.53. The molecule has 3 heterocycles. The highest BCUT2D eigenvalue weighted by Crippen LogP contribution is 2.28. The SMILES string of the molecule is COCC1CN(C(=O)c2ccoc2C)Cc2nnn(C)c21. The smallest absolute Gasteiger partial charge is 0.257 e. The Balaban J connectivity index is 1.90. The Morgan fingerprint density at radius 3 is 3.05 bits per heavy atom. The van der Waals surface area contributed by atoms with Gasteiger partial charge in [0, 0.05) is 26.6 Å². The summed E-state index contributed by atoms with van der Waals surface area (Å²) in [5, 5.41) is 8.22. The van der Waals surface area contributed by atoms with Gasteiger partial charge in [-0.25, -0.2) is 0 Å². The predicted octanol–water partition coefficient (Wildman–Crippen LogP) is 1.10. The summed E-state index contributed by atoms with van der Waals surface area (Å²) in [4.78, 5) is 14.4. The van der Waals surface area contributed by atoms with Crippen LogP contribution >= 0.6 is 0 Å². The summed E-state index contributed by atoms with van der Waals surface area (Å²) >= 11 is 0. The first-order chi connectivity index (χ1) is 10.1. The van der Waals surface area contributed by atoms with E-state index in [0.29, 0.717) is 31.0 Å². The number of amides is 1. The molecule has 1 aliphatic heterocycles. The van der Waals surface area contributed by atoms with E-state index in [1.165, 1.54) is 6.26 Å². The highest BCUT2D eigenvalue weighted by molar-refractivity contribution is 5.95. The molecular formula is C14H18N4O3. The van der Waals surface area contributed by atoms with Crippen molar-refractivity contribution in [2.45, 2.75) is 19.4 Å². The van der Waals surface area contributed by atoms with Crippen LogP contribution in [0, 0.1) is 6.92 Å². The van der Waals surface area contributed by atoms with Crippen molar-refractivity contribution in [3.05, 3.63) is 35.0 Å². The molecule has 1 amide bonds. The number of hydrogen-bond donors (Lipinski definition) is 0. The van der Waals surface area contributed by atoms with Crippen molar-refractivity contribution in [1.82, 2.24) is 19.9 Å². The minimum Gasteiger partial charge on any atom is -0.469 e. The molecule has 7 nitrogen and oxygen atoms in total. The van der Waals surface area contributed by atoms with Crippen LogP contribution in [0.3, 0.4) is 0 Å². The summed E-state index contributed by atoms with van der Waals surface area (Å²) < 4.78 is 12.3. The van der Waals surface area contributed by atoms with Gasteiger partial charge in [0.25, 0.3) is 5.91 Å². The molecule has 0 saturated heterocycles. The van der Waals surface area contributed by atoms with Crippen LogP contribution in [-0.2, 0) is 18.3 Å². The van der Waals surface area contributed by atoms with Crippen molar-refractivity contribution < 1.29 is 13.9 Å². The van der Waals surface area contributed by atoms with E-state index in [2.05, 4.69) is 10.3 Å². The normalized spacial score (nSPS) is 17.9. The van der Waals surface area contributed by atoms with Crippen LogP contribution in [0.5, 0.6) is 0 Å². The lowest BCUT2D eigenvalue weighted by Gasteiger charge is -2.31. The van der Waals surface area contributed by atoms with Gasteiger partial charge in [-0.3, -0.25) is 9.48 Å². The summed E-state index contributed by atoms with van der Waals surface area (Å²) in [6.45, 7) is 3.37. The van der Waals surface area contributed by atoms with E-state index in [9.17, 15) is 4.79 Å². The Hall–Kier alpha value is -2.15. The van der Waals surface area contributed by atoms with Gasteiger partial charge in [0.05, 0.1) is 30.7 Å². The van der Waals surface area contributed by atoms with Gasteiger partial charge in [0.1, 0.15) is 11.5 Å². The first kappa shape index (κ1) is 13.8. The summed E-state index contributed by atoms with van der Waals surface area (Å²) in [5.41, 5.74) is 2.48. The molecule has 1 aliphatic rings. The van der Waals surface area contributed by atoms with Crippen LogP contribution < -0.4 is 0 Å². The van der Waals surface area contributed by atoms with Gasteiger partial charge in [-0.2, -0.15) is 0 Å². The number of aromatic nitrogens is 3. The molecule has 7 heteroatoms. The number of hydrogen-bond acceptors (Lipinski definition) is 5. The van der Waals surface area contributed by atoms with E-state index in [1.807, 2.05) is 7.05 Å². The lowest BCUT2D eigenvalue weighted by Crippen LogP contribution is -2.40. The average Bonchev–Trinajstić information content (AvgIpc) is 3.05. The second-order valence-corrected chi connectivity index (χ2v) is 5.27. The third-order valence-corrected chi connectivity index (χ3v) is 3.86. The van der Waals surface area contributed by atoms with Gasteiger partial charge in [0.15, 0.2) is 0 Å². The Morgan fingerprint density at radius 2 is 2.38 bits per heavy atom. The third-order valence-electron chi connectivity index (χ3n) is 3.86. The Morgan fingerprint density at radius 1 is 1.57 bits per heavy atom. The molecule has 0 saturated carbocycles. The highest BCUT2D eigenvalue weighted by atomic mass is 16.5. The first-order valence-corrected chi connectivity index (χ1v) is 6.82. The molecule has 0 spiro atoms. The molecule has 2 aromatic heterocycles. The molecule has 0 aliphatic carbocycles. The maximum Gasteiger partial charge on any atom is 0.257 e. The maximum absolute atomic E-state index is 12.6. The molecule has 1 atom stereocenters. The second-order valence-electron chi connectivity index (χ2n) is 5.27. The fraction of sp³-hybridized carbons (Fsp3) is 0.500. The lowest BCUT2D eigenvalue weighted by atomic mass is 9.98. The molecule has 21 heavy (non-hydrogen) atoms. The van der Waals surface area contributed by atoms with Crippen molar-refractivity contribution in [1.29, 1.82) is 0 Å². The number of fused-ring (bicyclic) bond motifs is 1. The van der Waals surface area contributed by atoms with Gasteiger partial charge in [-0.1, -0.05) is 5.21 Å². The molecule has 0 N–H and O–H groups in total. The van der Waals surface area contributed by atoms with Gasteiger partial charge in [-0.05, 0) is 13.0 Å². The minimum atomic E-state index is -0.0429. The number of methoxy groups -OCH3 is 1. The van der Waals surface area contributed by atoms with Crippen LogP contribution in [-0.4, -0.2) is 46.1 Å². The van der Waals surface area contributed by atoms with Crippen molar-refractivity contribution >= 4 is 5.91 Å². The number of carbonyl (C=O) groups is 1. The monoisotopic (exact) mass is 290 g/mol. The number of rotatable bonds is 3. The molecule has 0 radical (unpaired) electrons. The van der Waals surface area contributed by atoms with Crippen molar-refractivity contribution in [3.8, 4) is 0 Å². The number of carbonyl (C=O) groups excluding carboxylic acids is 1. The Labute approximate surface area is 122 Å². The van der Waals surface area contributed by atoms with E-state index in [0.717, 1.165) is 11.4 Å². The quantitative estimate of drug-likeness (QED) is 0.846. The summed E-state index contributed by atoms with van der Waals surface area (Å²) in [5.74, 6) is 0.668. The molecule has 0 bridgehead atoms. The second kappa shape index (κ2) is 5.33. The molecular weight excluding hydrogens is 272 g/mol. The minimum absolute atomic E-state index is 0.0429. The van der Waals surface area contributed by atoms with E-state index in [1.54, 1.807) is 29.7 Å². The van der Waals surface area contributed by atoms with Crippen molar-refractivity contribution in [2.75, 3.05) is 20.3 Å². The van der Waals surface area contributed by atoms with Crippen molar-refractivity contribution in [3.63, 3.8) is 0 Å². The zero-order valence-corrected chi connectivity index (χ0v) is 12.4. The van der Waals surface area contributed by atoms with Gasteiger partial charge >= 0.3 is 0 Å². The van der Waals surface area contributed by atoms with Crippen LogP contribution in [0.15, 0.2) is 16.7 Å². The highest BCUT2D eigenvalue weighted by Gasteiger charge is 2.33. The predicted molar refractivity (Wildman–Crippen MR) is 73.8 cm³/mol. The third kappa shape index (κ3) is 2.33. The molecule has 0 aromatic carbocycles. The van der Waals surface area contributed by atoms with E-state index in [-0.39, 0.29) is 11.8 Å². The maximum atomic E-state index is 12.6. The molecule has 2 aromatic rings. The van der Waals surface area contributed by atoms with Gasteiger partial charge in [-0.15, -0.1) is 5.10 Å². The fourth-order valence-electron chi connectivity index (χ4n) is 2.88. The van der Waals surface area contributed by atoms with E-state index in [4.69, 9.17) is 9.15 Å². The standard InChI is InChI=1S/C14H18N4O3/c1-9-11(4-5-21-9)14(19)18-6-10(8-20-3)13-12(7-18)15-16-17(13)2/h4-5,10H,6-8H2,1-3H3. The van der Waals surface area contributed by atoms with E-state index >= 15 is 0 Å². The fourth-order valence-corrected chi connectivity index (χ4v) is 2.88. The molecule has 1 unspecified atom stereocenters. The van der Waals surface area contributed by atoms with Crippen LogP contribution in [0.2, 0.25) is 0 Å². The zero-order valence-electron chi connectivity index (χ0n) is 12.4. The van der Waals surface area contributed by atoms with E-state index < -0.39 is 0 Å². The average molecular weight is 290 g/mol. The molecule has 3 rings (SSSR count). The van der Waals surface area contributed by atoms with Gasteiger partial charge < -0.3 is 14.1 Å². The number of ether oxygens (including phenoxy) is 1. The Bertz CT molecular complexity index is 661. The van der Waals surface area contributed by atoms with Crippen LogP contribution in [0.25, 0.3) is 0 Å². The lowest BCUT2D eigenvalue weighted by molar-refractivity contribution is 0.0671. The van der Waals surface area contributed by atoms with Crippen molar-refractivity contribution in [2.24, 2.45) is 7.05 Å². The number of aryl methyl sites for hydroxylation is 2. The largest absolute Gasteiger partial charge is 0.469 e. The summed E-state index contributed by atoms with van der Waals surface area (Å²) in [6, 6.07) is 1.70. The summed E-state index contributed by atoms with van der Waals surface area (Å²) in [7, 11) is 3.52. The van der Waals surface area contributed by atoms with Gasteiger partial charge in [0.2, 0.25) is 0 Å². The molecule has 112 valence electrons. The topological polar surface area (TPSA) is 73.4 Å².